The van der Waals surface area contributed by atoms with Crippen LogP contribution >= 0.6 is 23.8 Å². The van der Waals surface area contributed by atoms with E-state index in [9.17, 15) is 9.59 Å². The van der Waals surface area contributed by atoms with Gasteiger partial charge in [0.15, 0.2) is 5.11 Å². The molecule has 0 aliphatic heterocycles. The maximum atomic E-state index is 12.6. The molecule has 0 unspecified atom stereocenters. The highest BCUT2D eigenvalue weighted by Gasteiger charge is 2.51. The van der Waals surface area contributed by atoms with E-state index in [2.05, 4.69) is 10.6 Å². The lowest BCUT2D eigenvalue weighted by Crippen LogP contribution is -2.48. The second-order valence-corrected chi connectivity index (χ2v) is 9.41. The van der Waals surface area contributed by atoms with Gasteiger partial charge in [-0.1, -0.05) is 11.6 Å². The van der Waals surface area contributed by atoms with Crippen LogP contribution in [-0.4, -0.2) is 22.1 Å². The summed E-state index contributed by atoms with van der Waals surface area (Å²) < 4.78 is 0. The van der Waals surface area contributed by atoms with Gasteiger partial charge in [-0.3, -0.25) is 4.79 Å². The topological polar surface area (TPSA) is 78.4 Å². The highest BCUT2D eigenvalue weighted by Crippen LogP contribution is 2.61. The Morgan fingerprint density at radius 1 is 1.15 bits per heavy atom. The van der Waals surface area contributed by atoms with Gasteiger partial charge in [-0.25, -0.2) is 4.79 Å². The van der Waals surface area contributed by atoms with Crippen LogP contribution in [0, 0.1) is 23.2 Å². The van der Waals surface area contributed by atoms with Crippen molar-refractivity contribution in [3.63, 3.8) is 0 Å². The number of nitrogens with one attached hydrogen (secondary N) is 2. The van der Waals surface area contributed by atoms with E-state index in [0.717, 1.165) is 17.8 Å². The van der Waals surface area contributed by atoms with E-state index < -0.39 is 5.97 Å². The fourth-order valence-electron chi connectivity index (χ4n) is 5.95. The number of carbonyl (C=O) groups is 2. The highest BCUT2D eigenvalue weighted by molar-refractivity contribution is 7.80. The summed E-state index contributed by atoms with van der Waals surface area (Å²) in [6, 6.07) is 4.53. The maximum Gasteiger partial charge on any atom is 0.337 e. The van der Waals surface area contributed by atoms with Gasteiger partial charge in [-0.15, -0.1) is 0 Å². The Labute approximate surface area is 168 Å². The standard InChI is InChI=1S/C20H23ClN2O3S/c21-16-2-1-14(6-15(16)18(25)26)22-19(27)23-17(24)10-20-7-11-3-12(8-20)5-13(4-11)9-20/h1-2,6,11-13H,3-5,7-10H2,(H,25,26)(H2,22,23,24,27). The van der Waals surface area contributed by atoms with Crippen molar-refractivity contribution in [3.8, 4) is 0 Å². The molecular weight excluding hydrogens is 384 g/mol. The molecule has 0 saturated heterocycles. The average molecular weight is 407 g/mol. The van der Waals surface area contributed by atoms with E-state index in [4.69, 9.17) is 28.9 Å². The molecule has 0 atom stereocenters. The molecule has 4 aliphatic carbocycles. The van der Waals surface area contributed by atoms with Crippen molar-refractivity contribution in [1.82, 2.24) is 5.32 Å². The zero-order chi connectivity index (χ0) is 19.2. The van der Waals surface area contributed by atoms with E-state index in [1.165, 1.54) is 50.7 Å². The number of anilines is 1. The third-order valence-electron chi connectivity index (χ3n) is 6.41. The summed E-state index contributed by atoms with van der Waals surface area (Å²) in [6.45, 7) is 0. The molecule has 144 valence electrons. The molecule has 1 aromatic rings. The molecule has 1 aromatic carbocycles. The largest absolute Gasteiger partial charge is 0.478 e. The molecule has 3 N–H and O–H groups in total. The van der Waals surface area contributed by atoms with Gasteiger partial charge in [0.1, 0.15) is 0 Å². The summed E-state index contributed by atoms with van der Waals surface area (Å²) in [5.41, 5.74) is 0.631. The number of hydrogen-bond acceptors (Lipinski definition) is 3. The number of hydrogen-bond donors (Lipinski definition) is 3. The van der Waals surface area contributed by atoms with Gasteiger partial charge in [0, 0.05) is 12.1 Å². The lowest BCUT2D eigenvalue weighted by atomic mass is 9.49. The summed E-state index contributed by atoms with van der Waals surface area (Å²) in [4.78, 5) is 23.8. The summed E-state index contributed by atoms with van der Waals surface area (Å²) in [5, 5.41) is 15.1. The van der Waals surface area contributed by atoms with Gasteiger partial charge in [0.2, 0.25) is 5.91 Å². The number of amides is 1. The minimum absolute atomic E-state index is 0.00985. The second kappa shape index (κ2) is 7.06. The number of carbonyl (C=O) groups excluding carboxylic acids is 1. The molecule has 27 heavy (non-hydrogen) atoms. The molecule has 5 nitrogen and oxygen atoms in total. The average Bonchev–Trinajstić information content (AvgIpc) is 2.54. The normalized spacial score (nSPS) is 30.8. The van der Waals surface area contributed by atoms with Crippen LogP contribution in [0.1, 0.15) is 55.3 Å². The Bertz CT molecular complexity index is 775. The fraction of sp³-hybridized carbons (Fsp3) is 0.550. The van der Waals surface area contributed by atoms with Crippen LogP contribution in [0.3, 0.4) is 0 Å². The molecule has 0 spiro atoms. The quantitative estimate of drug-likeness (QED) is 0.643. The van der Waals surface area contributed by atoms with Gasteiger partial charge in [-0.2, -0.15) is 0 Å². The van der Waals surface area contributed by atoms with Crippen LogP contribution in [0.15, 0.2) is 18.2 Å². The molecule has 0 aromatic heterocycles. The maximum absolute atomic E-state index is 12.6. The summed E-state index contributed by atoms with van der Waals surface area (Å²) in [6.07, 6.45) is 8.10. The first-order chi connectivity index (χ1) is 12.8. The van der Waals surface area contributed by atoms with Crippen molar-refractivity contribution in [2.45, 2.75) is 44.9 Å². The molecule has 0 radical (unpaired) electrons. The Morgan fingerprint density at radius 2 is 1.74 bits per heavy atom. The summed E-state index contributed by atoms with van der Waals surface area (Å²) >= 11 is 11.1. The molecule has 0 heterocycles. The van der Waals surface area contributed by atoms with Crippen LogP contribution in [0.4, 0.5) is 5.69 Å². The summed E-state index contributed by atoms with van der Waals surface area (Å²) in [7, 11) is 0. The highest BCUT2D eigenvalue weighted by atomic mass is 35.5. The first-order valence-electron chi connectivity index (χ1n) is 9.45. The molecule has 4 saturated carbocycles. The van der Waals surface area contributed by atoms with Crippen molar-refractivity contribution >= 4 is 46.5 Å². The van der Waals surface area contributed by atoms with Crippen LogP contribution < -0.4 is 10.6 Å². The van der Waals surface area contributed by atoms with Crippen LogP contribution in [0.2, 0.25) is 5.02 Å². The molecule has 4 bridgehead atoms. The van der Waals surface area contributed by atoms with Crippen LogP contribution in [-0.2, 0) is 4.79 Å². The molecule has 5 rings (SSSR count). The van der Waals surface area contributed by atoms with Crippen LogP contribution in [0.5, 0.6) is 0 Å². The third kappa shape index (κ3) is 3.97. The van der Waals surface area contributed by atoms with Gasteiger partial charge in [0.05, 0.1) is 10.6 Å². The smallest absolute Gasteiger partial charge is 0.337 e. The Kier molecular flexibility index (Phi) is 4.89. The number of benzene rings is 1. The minimum atomic E-state index is -1.11. The molecule has 7 heteroatoms. The van der Waals surface area contributed by atoms with Crippen molar-refractivity contribution in [2.24, 2.45) is 23.2 Å². The van der Waals surface area contributed by atoms with Crippen molar-refractivity contribution in [3.05, 3.63) is 28.8 Å². The number of rotatable bonds is 4. The Balaban J connectivity index is 1.35. The summed E-state index contributed by atoms with van der Waals surface area (Å²) in [5.74, 6) is 1.25. The molecular formula is C20H23ClN2O3S. The Hall–Kier alpha value is -1.66. The van der Waals surface area contributed by atoms with Gasteiger partial charge in [-0.05, 0) is 92.1 Å². The molecule has 4 aliphatic rings. The lowest BCUT2D eigenvalue weighted by molar-refractivity contribution is -0.127. The minimum Gasteiger partial charge on any atom is -0.478 e. The number of carboxylic acid groups (broad SMARTS) is 1. The first-order valence-corrected chi connectivity index (χ1v) is 10.2. The number of aromatic carboxylic acids is 1. The number of carboxylic acids is 1. The van der Waals surface area contributed by atoms with Crippen LogP contribution in [0.25, 0.3) is 0 Å². The second-order valence-electron chi connectivity index (χ2n) is 8.60. The predicted molar refractivity (Wildman–Crippen MR) is 108 cm³/mol. The SMILES string of the molecule is O=C(CC12CC3CC(CC(C3)C1)C2)NC(=S)Nc1ccc(Cl)c(C(=O)O)c1. The monoisotopic (exact) mass is 406 g/mol. The predicted octanol–water partition coefficient (Wildman–Crippen LogP) is 4.46. The Morgan fingerprint density at radius 3 is 2.30 bits per heavy atom. The number of thiocarbonyl (C=S) groups is 1. The zero-order valence-corrected chi connectivity index (χ0v) is 16.5. The van der Waals surface area contributed by atoms with Crippen molar-refractivity contribution < 1.29 is 14.7 Å². The fourth-order valence-corrected chi connectivity index (χ4v) is 6.38. The first kappa shape index (κ1) is 18.7. The van der Waals surface area contributed by atoms with E-state index in [1.54, 1.807) is 6.07 Å². The molecule has 1 amide bonds. The van der Waals surface area contributed by atoms with Gasteiger partial charge >= 0.3 is 5.97 Å². The third-order valence-corrected chi connectivity index (χ3v) is 6.94. The van der Waals surface area contributed by atoms with E-state index in [1.807, 2.05) is 0 Å². The van der Waals surface area contributed by atoms with Gasteiger partial charge < -0.3 is 15.7 Å². The van der Waals surface area contributed by atoms with Gasteiger partial charge in [0.25, 0.3) is 0 Å². The van der Waals surface area contributed by atoms with E-state index >= 15 is 0 Å². The number of halogens is 1. The van der Waals surface area contributed by atoms with Crippen molar-refractivity contribution in [2.75, 3.05) is 5.32 Å². The van der Waals surface area contributed by atoms with E-state index in [-0.39, 0.29) is 27.0 Å². The molecule has 4 fully saturated rings. The van der Waals surface area contributed by atoms with E-state index in [0.29, 0.717) is 12.1 Å². The van der Waals surface area contributed by atoms with Crippen molar-refractivity contribution in [1.29, 1.82) is 0 Å². The lowest BCUT2D eigenvalue weighted by Gasteiger charge is -2.56. The zero-order valence-electron chi connectivity index (χ0n) is 15.0.